The van der Waals surface area contributed by atoms with Crippen LogP contribution in [0.5, 0.6) is 0 Å². The van der Waals surface area contributed by atoms with E-state index in [0.29, 0.717) is 16.7 Å². The summed E-state index contributed by atoms with van der Waals surface area (Å²) in [5.74, 6) is 0.626. The number of alkyl halides is 1. The minimum atomic E-state index is -0.713. The third-order valence-corrected chi connectivity index (χ3v) is 6.01. The van der Waals surface area contributed by atoms with E-state index in [1.54, 1.807) is 22.6 Å². The van der Waals surface area contributed by atoms with E-state index in [9.17, 15) is 9.59 Å². The fraction of sp³-hybridized carbons (Fsp3) is 0.348. The molecule has 0 aliphatic rings. The number of rotatable bonds is 5. The molecule has 0 N–H and O–H groups in total. The Balaban J connectivity index is 2.26. The van der Waals surface area contributed by atoms with Crippen LogP contribution in [0.25, 0.3) is 16.6 Å². The Labute approximate surface area is 175 Å². The summed E-state index contributed by atoms with van der Waals surface area (Å²) in [6.07, 6.45) is 0. The zero-order valence-corrected chi connectivity index (χ0v) is 18.2. The van der Waals surface area contributed by atoms with E-state index in [1.807, 2.05) is 70.2 Å². The molecular formula is C23H26ClN3O2. The normalized spacial score (nSPS) is 12.8. The Bertz CT molecular complexity index is 1120. The lowest BCUT2D eigenvalue weighted by molar-refractivity contribution is -0.140. The quantitative estimate of drug-likeness (QED) is 0.581. The lowest BCUT2D eigenvalue weighted by Crippen LogP contribution is -2.42. The topological polar surface area (TPSA) is 55.2 Å². The van der Waals surface area contributed by atoms with E-state index in [2.05, 4.69) is 0 Å². The maximum atomic E-state index is 13.5. The molecule has 0 aliphatic carbocycles. The number of carbonyl (C=O) groups is 1. The lowest BCUT2D eigenvalue weighted by Gasteiger charge is -2.32. The molecule has 3 rings (SSSR count). The van der Waals surface area contributed by atoms with Crippen molar-refractivity contribution in [1.29, 1.82) is 0 Å². The molecule has 1 amide bonds. The molecule has 0 spiro atoms. The van der Waals surface area contributed by atoms with Crippen LogP contribution in [0.4, 0.5) is 0 Å². The number of benzene rings is 2. The number of para-hydroxylation sites is 2. The second-order valence-corrected chi connectivity index (χ2v) is 8.29. The minimum Gasteiger partial charge on any atom is -0.335 e. The van der Waals surface area contributed by atoms with Gasteiger partial charge in [-0.25, -0.2) is 4.98 Å². The second kappa shape index (κ2) is 7.99. The Hall–Kier alpha value is -2.66. The maximum absolute atomic E-state index is 13.5. The van der Waals surface area contributed by atoms with Gasteiger partial charge in [0.2, 0.25) is 5.91 Å². The number of amides is 1. The number of hydrogen-bond donors (Lipinski definition) is 0. The molecule has 29 heavy (non-hydrogen) atoms. The highest BCUT2D eigenvalue weighted by atomic mass is 35.5. The van der Waals surface area contributed by atoms with Gasteiger partial charge in [0.05, 0.1) is 28.0 Å². The first-order chi connectivity index (χ1) is 13.7. The Kier molecular flexibility index (Phi) is 5.80. The highest BCUT2D eigenvalue weighted by Gasteiger charge is 2.33. The van der Waals surface area contributed by atoms with Gasteiger partial charge in [-0.3, -0.25) is 14.2 Å². The van der Waals surface area contributed by atoms with Gasteiger partial charge in [-0.1, -0.05) is 30.3 Å². The summed E-state index contributed by atoms with van der Waals surface area (Å²) in [6.45, 7) is 7.46. The average Bonchev–Trinajstić information content (AvgIpc) is 2.72. The first kappa shape index (κ1) is 21.1. The molecular weight excluding hydrogens is 386 g/mol. The first-order valence-electron chi connectivity index (χ1n) is 9.60. The van der Waals surface area contributed by atoms with Gasteiger partial charge >= 0.3 is 0 Å². The molecule has 1 atom stereocenters. The highest BCUT2D eigenvalue weighted by Crippen LogP contribution is 2.28. The molecule has 0 aliphatic heterocycles. The summed E-state index contributed by atoms with van der Waals surface area (Å²) in [7, 11) is 1.73. The van der Waals surface area contributed by atoms with Crippen LogP contribution < -0.4 is 5.56 Å². The van der Waals surface area contributed by atoms with Gasteiger partial charge in [-0.2, -0.15) is 0 Å². The summed E-state index contributed by atoms with van der Waals surface area (Å²) in [4.78, 5) is 32.9. The van der Waals surface area contributed by atoms with Crippen molar-refractivity contribution in [1.82, 2.24) is 14.5 Å². The van der Waals surface area contributed by atoms with Gasteiger partial charge in [0, 0.05) is 12.9 Å². The van der Waals surface area contributed by atoms with Crippen LogP contribution in [-0.4, -0.2) is 33.3 Å². The molecule has 152 valence electrons. The van der Waals surface area contributed by atoms with Gasteiger partial charge in [0.15, 0.2) is 0 Å². The Morgan fingerprint density at radius 2 is 1.79 bits per heavy atom. The largest absolute Gasteiger partial charge is 0.335 e. The SMILES string of the molecule is Cc1ccccc1-n1c(C(C)N(C)C(=O)C(C)(C)CCl)nc2ccccc2c1=O. The van der Waals surface area contributed by atoms with Gasteiger partial charge in [0.25, 0.3) is 5.56 Å². The van der Waals surface area contributed by atoms with Crippen LogP contribution in [0, 0.1) is 12.3 Å². The van der Waals surface area contributed by atoms with Crippen molar-refractivity contribution in [3.05, 3.63) is 70.3 Å². The number of fused-ring (bicyclic) bond motifs is 1. The van der Waals surface area contributed by atoms with Crippen LogP contribution in [0.2, 0.25) is 0 Å². The first-order valence-corrected chi connectivity index (χ1v) is 10.1. The zero-order valence-electron chi connectivity index (χ0n) is 17.4. The Morgan fingerprint density at radius 3 is 2.45 bits per heavy atom. The van der Waals surface area contributed by atoms with E-state index >= 15 is 0 Å². The number of aryl methyl sites for hydroxylation is 1. The predicted octanol–water partition coefficient (Wildman–Crippen LogP) is 4.48. The minimum absolute atomic E-state index is 0.0984. The predicted molar refractivity (Wildman–Crippen MR) is 118 cm³/mol. The summed E-state index contributed by atoms with van der Waals surface area (Å²) in [6, 6.07) is 14.5. The van der Waals surface area contributed by atoms with E-state index in [-0.39, 0.29) is 17.3 Å². The molecule has 3 aromatic rings. The van der Waals surface area contributed by atoms with E-state index < -0.39 is 11.5 Å². The zero-order chi connectivity index (χ0) is 21.3. The van der Waals surface area contributed by atoms with Crippen molar-refractivity contribution in [2.45, 2.75) is 33.7 Å². The maximum Gasteiger partial charge on any atom is 0.266 e. The van der Waals surface area contributed by atoms with Crippen LogP contribution in [0.15, 0.2) is 53.3 Å². The molecule has 5 nitrogen and oxygen atoms in total. The molecule has 0 saturated heterocycles. The monoisotopic (exact) mass is 411 g/mol. The number of hydrogen-bond acceptors (Lipinski definition) is 3. The van der Waals surface area contributed by atoms with Crippen LogP contribution >= 0.6 is 11.6 Å². The molecule has 1 heterocycles. The molecule has 6 heteroatoms. The smallest absolute Gasteiger partial charge is 0.266 e. The van der Waals surface area contributed by atoms with Gasteiger partial charge in [0.1, 0.15) is 5.82 Å². The van der Waals surface area contributed by atoms with Crippen LogP contribution in [0.1, 0.15) is 38.2 Å². The number of nitrogens with zero attached hydrogens (tertiary/aromatic N) is 3. The molecule has 0 radical (unpaired) electrons. The summed E-state index contributed by atoms with van der Waals surface area (Å²) in [5, 5.41) is 0.543. The van der Waals surface area contributed by atoms with Crippen molar-refractivity contribution in [3.8, 4) is 5.69 Å². The summed E-state index contributed by atoms with van der Waals surface area (Å²) in [5.41, 5.74) is 1.46. The highest BCUT2D eigenvalue weighted by molar-refractivity contribution is 6.19. The van der Waals surface area contributed by atoms with E-state index in [1.165, 1.54) is 0 Å². The van der Waals surface area contributed by atoms with Gasteiger partial charge < -0.3 is 4.90 Å². The molecule has 0 bridgehead atoms. The van der Waals surface area contributed by atoms with Gasteiger partial charge in [-0.15, -0.1) is 11.6 Å². The average molecular weight is 412 g/mol. The van der Waals surface area contributed by atoms with Crippen molar-refractivity contribution < 1.29 is 4.79 Å². The fourth-order valence-corrected chi connectivity index (χ4v) is 3.48. The molecule has 0 fully saturated rings. The molecule has 1 aromatic heterocycles. The lowest BCUT2D eigenvalue weighted by atomic mass is 9.94. The number of halogens is 1. The van der Waals surface area contributed by atoms with Crippen molar-refractivity contribution in [2.24, 2.45) is 5.41 Å². The van der Waals surface area contributed by atoms with Crippen molar-refractivity contribution in [3.63, 3.8) is 0 Å². The standard InChI is InChI=1S/C23H26ClN3O2/c1-15-10-6-9-13-19(15)27-20(16(2)26(5)22(29)23(3,4)14-24)25-18-12-8-7-11-17(18)21(27)28/h6-13,16H,14H2,1-5H3. The Morgan fingerprint density at radius 1 is 1.17 bits per heavy atom. The fourth-order valence-electron chi connectivity index (χ4n) is 3.36. The second-order valence-electron chi connectivity index (χ2n) is 8.02. The summed E-state index contributed by atoms with van der Waals surface area (Å²) < 4.78 is 1.62. The van der Waals surface area contributed by atoms with E-state index in [0.717, 1.165) is 11.3 Å². The van der Waals surface area contributed by atoms with Gasteiger partial charge in [-0.05, 0) is 51.5 Å². The van der Waals surface area contributed by atoms with E-state index in [4.69, 9.17) is 16.6 Å². The third kappa shape index (κ3) is 3.79. The summed E-state index contributed by atoms with van der Waals surface area (Å²) >= 11 is 6.02. The molecule has 2 aromatic carbocycles. The van der Waals surface area contributed by atoms with Crippen molar-refractivity contribution in [2.75, 3.05) is 12.9 Å². The molecule has 0 saturated carbocycles. The van der Waals surface area contributed by atoms with Crippen LogP contribution in [0.3, 0.4) is 0 Å². The third-order valence-electron chi connectivity index (χ3n) is 5.35. The number of aromatic nitrogens is 2. The molecule has 1 unspecified atom stereocenters. The number of carbonyl (C=O) groups excluding carboxylic acids is 1. The van der Waals surface area contributed by atoms with Crippen molar-refractivity contribution >= 4 is 28.4 Å². The van der Waals surface area contributed by atoms with Crippen LogP contribution in [-0.2, 0) is 4.79 Å².